The highest BCUT2D eigenvalue weighted by Gasteiger charge is 2.07. The van der Waals surface area contributed by atoms with E-state index in [1.807, 2.05) is 42.5 Å². The van der Waals surface area contributed by atoms with Gasteiger partial charge in [0.25, 0.3) is 0 Å². The lowest BCUT2D eigenvalue weighted by Gasteiger charge is -2.10. The molecule has 2 aromatic carbocycles. The molecule has 0 bridgehead atoms. The summed E-state index contributed by atoms with van der Waals surface area (Å²) in [5.74, 6) is 1.60. The summed E-state index contributed by atoms with van der Waals surface area (Å²) in [5.41, 5.74) is 7.62. The third-order valence-electron chi connectivity index (χ3n) is 2.60. The van der Waals surface area contributed by atoms with Gasteiger partial charge in [0.15, 0.2) is 0 Å². The number of hydrogen-bond acceptors (Lipinski definition) is 3. The number of nitrogen functional groups attached to an aromatic ring is 1. The molecule has 0 aliphatic heterocycles. The van der Waals surface area contributed by atoms with Gasteiger partial charge in [-0.05, 0) is 24.3 Å². The van der Waals surface area contributed by atoms with Crippen LogP contribution < -0.4 is 10.5 Å². The zero-order chi connectivity index (χ0) is 13.0. The fourth-order valence-corrected chi connectivity index (χ4v) is 3.03. The maximum atomic E-state index is 6.14. The third-order valence-corrected chi connectivity index (χ3v) is 4.03. The van der Waals surface area contributed by atoms with Gasteiger partial charge < -0.3 is 10.5 Å². The Bertz CT molecular complexity index is 525. The summed E-state index contributed by atoms with van der Waals surface area (Å²) in [5, 5.41) is 0.706. The fourth-order valence-electron chi connectivity index (χ4n) is 1.62. The van der Waals surface area contributed by atoms with Gasteiger partial charge in [-0.25, -0.2) is 0 Å². The van der Waals surface area contributed by atoms with Crippen LogP contribution in [0.3, 0.4) is 0 Å². The Morgan fingerprint density at radius 2 is 1.94 bits per heavy atom. The average molecular weight is 280 g/mol. The molecule has 94 valence electrons. The van der Waals surface area contributed by atoms with Crippen LogP contribution in [0.4, 0.5) is 5.69 Å². The van der Waals surface area contributed by atoms with Crippen LogP contribution >= 0.6 is 23.4 Å². The number of benzene rings is 2. The fraction of sp³-hybridized carbons (Fsp3) is 0.143. The molecule has 0 unspecified atom stereocenters. The summed E-state index contributed by atoms with van der Waals surface area (Å²) in [6.45, 7) is 0. The molecule has 0 radical (unpaired) electrons. The second-order valence-corrected chi connectivity index (χ2v) is 5.17. The maximum absolute atomic E-state index is 6.14. The normalized spacial score (nSPS) is 10.3. The number of nitrogens with two attached hydrogens (primary N) is 1. The molecule has 0 heterocycles. The van der Waals surface area contributed by atoms with Gasteiger partial charge >= 0.3 is 0 Å². The second kappa shape index (κ2) is 6.03. The minimum atomic E-state index is 0.706. The first-order chi connectivity index (χ1) is 8.72. The van der Waals surface area contributed by atoms with Gasteiger partial charge in [0.2, 0.25) is 0 Å². The molecule has 0 amide bonds. The van der Waals surface area contributed by atoms with Gasteiger partial charge in [-0.1, -0.05) is 29.8 Å². The average Bonchev–Trinajstić information content (AvgIpc) is 2.38. The van der Waals surface area contributed by atoms with Crippen molar-refractivity contribution < 1.29 is 4.74 Å². The quantitative estimate of drug-likeness (QED) is 0.672. The van der Waals surface area contributed by atoms with Crippen molar-refractivity contribution in [2.75, 3.05) is 12.8 Å². The van der Waals surface area contributed by atoms with E-state index in [2.05, 4.69) is 0 Å². The van der Waals surface area contributed by atoms with Crippen LogP contribution in [0.5, 0.6) is 5.75 Å². The van der Waals surface area contributed by atoms with E-state index in [-0.39, 0.29) is 0 Å². The van der Waals surface area contributed by atoms with Crippen LogP contribution in [-0.2, 0) is 5.75 Å². The van der Waals surface area contributed by atoms with E-state index in [4.69, 9.17) is 22.1 Å². The highest BCUT2D eigenvalue weighted by Crippen LogP contribution is 2.34. The molecule has 0 saturated heterocycles. The molecule has 0 aromatic heterocycles. The lowest BCUT2D eigenvalue weighted by atomic mass is 10.2. The van der Waals surface area contributed by atoms with E-state index in [0.29, 0.717) is 5.02 Å². The minimum Gasteiger partial charge on any atom is -0.496 e. The third kappa shape index (κ3) is 2.92. The van der Waals surface area contributed by atoms with Crippen molar-refractivity contribution in [3.63, 3.8) is 0 Å². The molecular formula is C14H14ClNOS. The second-order valence-electron chi connectivity index (χ2n) is 3.75. The van der Waals surface area contributed by atoms with Crippen molar-refractivity contribution in [3.8, 4) is 5.75 Å². The maximum Gasteiger partial charge on any atom is 0.132 e. The van der Waals surface area contributed by atoms with Crippen molar-refractivity contribution in [2.24, 2.45) is 0 Å². The predicted molar refractivity (Wildman–Crippen MR) is 78.4 cm³/mol. The van der Waals surface area contributed by atoms with Gasteiger partial charge in [-0.3, -0.25) is 0 Å². The van der Waals surface area contributed by atoms with Crippen LogP contribution in [0.25, 0.3) is 0 Å². The summed E-state index contributed by atoms with van der Waals surface area (Å²) in [4.78, 5) is 1.08. The smallest absolute Gasteiger partial charge is 0.132 e. The largest absolute Gasteiger partial charge is 0.496 e. The Balaban J connectivity index is 2.16. The van der Waals surface area contributed by atoms with Crippen molar-refractivity contribution in [1.29, 1.82) is 0 Å². The van der Waals surface area contributed by atoms with E-state index in [1.165, 1.54) is 0 Å². The van der Waals surface area contributed by atoms with Crippen LogP contribution in [-0.4, -0.2) is 7.11 Å². The Morgan fingerprint density at radius 1 is 1.17 bits per heavy atom. The molecule has 0 atom stereocenters. The number of halogens is 1. The topological polar surface area (TPSA) is 35.2 Å². The van der Waals surface area contributed by atoms with E-state index in [9.17, 15) is 0 Å². The van der Waals surface area contributed by atoms with Crippen molar-refractivity contribution in [1.82, 2.24) is 0 Å². The van der Waals surface area contributed by atoms with Gasteiger partial charge in [-0.15, -0.1) is 11.8 Å². The molecule has 0 fully saturated rings. The van der Waals surface area contributed by atoms with Gasteiger partial charge in [-0.2, -0.15) is 0 Å². The lowest BCUT2D eigenvalue weighted by molar-refractivity contribution is 0.405. The number of anilines is 1. The van der Waals surface area contributed by atoms with E-state index in [1.54, 1.807) is 18.9 Å². The Labute approximate surface area is 116 Å². The predicted octanol–water partition coefficient (Wildman–Crippen LogP) is 4.22. The van der Waals surface area contributed by atoms with Crippen LogP contribution in [0.1, 0.15) is 5.56 Å². The van der Waals surface area contributed by atoms with Gasteiger partial charge in [0.1, 0.15) is 5.75 Å². The first-order valence-electron chi connectivity index (χ1n) is 5.51. The van der Waals surface area contributed by atoms with Crippen molar-refractivity contribution >= 4 is 29.1 Å². The number of rotatable bonds is 4. The molecule has 0 spiro atoms. The van der Waals surface area contributed by atoms with Crippen LogP contribution in [0.2, 0.25) is 5.02 Å². The number of para-hydroxylation sites is 1. The molecule has 2 rings (SSSR count). The first kappa shape index (κ1) is 13.1. The van der Waals surface area contributed by atoms with Crippen LogP contribution in [0.15, 0.2) is 47.4 Å². The Hall–Kier alpha value is -1.32. The minimum absolute atomic E-state index is 0.706. The van der Waals surface area contributed by atoms with Crippen LogP contribution in [0, 0.1) is 0 Å². The van der Waals surface area contributed by atoms with E-state index < -0.39 is 0 Å². The monoisotopic (exact) mass is 279 g/mol. The first-order valence-corrected chi connectivity index (χ1v) is 6.87. The Kier molecular flexibility index (Phi) is 4.39. The molecular weight excluding hydrogens is 266 g/mol. The van der Waals surface area contributed by atoms with Crippen molar-refractivity contribution in [3.05, 3.63) is 53.1 Å². The van der Waals surface area contributed by atoms with E-state index in [0.717, 1.165) is 27.6 Å². The van der Waals surface area contributed by atoms with E-state index >= 15 is 0 Å². The zero-order valence-corrected chi connectivity index (χ0v) is 11.6. The summed E-state index contributed by atoms with van der Waals surface area (Å²) < 4.78 is 5.31. The molecule has 0 saturated carbocycles. The summed E-state index contributed by atoms with van der Waals surface area (Å²) in [7, 11) is 1.67. The molecule has 2 N–H and O–H groups in total. The zero-order valence-electron chi connectivity index (χ0n) is 10.0. The van der Waals surface area contributed by atoms with Crippen molar-refractivity contribution in [2.45, 2.75) is 10.6 Å². The SMILES string of the molecule is COc1ccccc1SCc1c(N)cccc1Cl. The van der Waals surface area contributed by atoms with Gasteiger partial charge in [0, 0.05) is 26.9 Å². The van der Waals surface area contributed by atoms with Gasteiger partial charge in [0.05, 0.1) is 7.11 Å². The highest BCUT2D eigenvalue weighted by atomic mass is 35.5. The molecule has 2 aromatic rings. The Morgan fingerprint density at radius 3 is 2.67 bits per heavy atom. The highest BCUT2D eigenvalue weighted by molar-refractivity contribution is 7.98. The number of thioether (sulfide) groups is 1. The lowest BCUT2D eigenvalue weighted by Crippen LogP contribution is -1.93. The molecule has 0 aliphatic rings. The summed E-state index contributed by atoms with van der Waals surface area (Å²) >= 11 is 7.81. The number of hydrogen-bond donors (Lipinski definition) is 1. The number of methoxy groups -OCH3 is 1. The number of ether oxygens (including phenoxy) is 1. The summed E-state index contributed by atoms with van der Waals surface area (Å²) in [6, 6.07) is 13.5. The molecule has 18 heavy (non-hydrogen) atoms. The molecule has 0 aliphatic carbocycles. The molecule has 4 heteroatoms. The standard InChI is InChI=1S/C14H14ClNOS/c1-17-13-7-2-3-8-14(13)18-9-10-11(15)5-4-6-12(10)16/h2-8H,9,16H2,1H3. The molecule has 2 nitrogen and oxygen atoms in total. The summed E-state index contributed by atoms with van der Waals surface area (Å²) in [6.07, 6.45) is 0.